The van der Waals surface area contributed by atoms with Gasteiger partial charge in [-0.2, -0.15) is 13.2 Å². The molecule has 1 aliphatic carbocycles. The van der Waals surface area contributed by atoms with Crippen LogP contribution in [0.25, 0.3) is 0 Å². The van der Waals surface area contributed by atoms with Crippen LogP contribution in [0.15, 0.2) is 0 Å². The summed E-state index contributed by atoms with van der Waals surface area (Å²) in [6, 6.07) is 0. The Bertz CT molecular complexity index is 251. The highest BCUT2D eigenvalue weighted by Crippen LogP contribution is 2.39. The summed E-state index contributed by atoms with van der Waals surface area (Å²) in [5.74, 6) is 0.394. The third-order valence-corrected chi connectivity index (χ3v) is 3.73. The average Bonchev–Trinajstić information content (AvgIpc) is 2.25. The quantitative estimate of drug-likeness (QED) is 0.824. The largest absolute Gasteiger partial charge is 0.390 e. The molecule has 1 fully saturated rings. The molecule has 0 amide bonds. The van der Waals surface area contributed by atoms with Crippen LogP contribution in [-0.2, 0) is 4.74 Å². The van der Waals surface area contributed by atoms with Gasteiger partial charge in [-0.3, -0.25) is 0 Å². The van der Waals surface area contributed by atoms with Gasteiger partial charge >= 0.3 is 6.18 Å². The molecule has 2 nitrogen and oxygen atoms in total. The Morgan fingerprint density at radius 3 is 2.61 bits per heavy atom. The molecule has 0 radical (unpaired) electrons. The van der Waals surface area contributed by atoms with Crippen molar-refractivity contribution in [3.05, 3.63) is 0 Å². The highest BCUT2D eigenvalue weighted by Gasteiger charge is 2.43. The van der Waals surface area contributed by atoms with Gasteiger partial charge in [0.15, 0.2) is 0 Å². The van der Waals surface area contributed by atoms with E-state index in [-0.39, 0.29) is 6.42 Å². The summed E-state index contributed by atoms with van der Waals surface area (Å²) in [5, 5.41) is 10.1. The molecule has 5 heteroatoms. The number of aliphatic hydroxyl groups is 1. The van der Waals surface area contributed by atoms with E-state index in [9.17, 15) is 18.3 Å². The van der Waals surface area contributed by atoms with Crippen LogP contribution in [0, 0.1) is 5.92 Å². The smallest absolute Gasteiger partial charge is 0.389 e. The third kappa shape index (κ3) is 4.43. The molecule has 0 aromatic carbocycles. The van der Waals surface area contributed by atoms with Gasteiger partial charge in [0.25, 0.3) is 0 Å². The lowest BCUT2D eigenvalue weighted by molar-refractivity contribution is -0.172. The van der Waals surface area contributed by atoms with Crippen molar-refractivity contribution in [1.82, 2.24) is 0 Å². The maximum absolute atomic E-state index is 12.2. The second kappa shape index (κ2) is 6.24. The minimum atomic E-state index is -4.21. The Hall–Kier alpha value is -0.290. The van der Waals surface area contributed by atoms with Crippen LogP contribution >= 0.6 is 0 Å². The Kier molecular flexibility index (Phi) is 5.46. The maximum atomic E-state index is 12.2. The van der Waals surface area contributed by atoms with E-state index >= 15 is 0 Å². The van der Waals surface area contributed by atoms with Crippen molar-refractivity contribution in [1.29, 1.82) is 0 Å². The first-order valence-corrected chi connectivity index (χ1v) is 6.68. The number of aliphatic hydroxyl groups excluding tert-OH is 1. The molecule has 3 unspecified atom stereocenters. The maximum Gasteiger partial charge on any atom is 0.389 e. The summed E-state index contributed by atoms with van der Waals surface area (Å²) < 4.78 is 42.3. The lowest BCUT2D eigenvalue weighted by Crippen LogP contribution is -2.48. The first-order chi connectivity index (χ1) is 8.29. The highest BCUT2D eigenvalue weighted by molar-refractivity contribution is 4.93. The number of alkyl halides is 3. The van der Waals surface area contributed by atoms with Gasteiger partial charge in [0.1, 0.15) is 0 Å². The van der Waals surface area contributed by atoms with E-state index in [2.05, 4.69) is 6.92 Å². The fourth-order valence-electron chi connectivity index (χ4n) is 2.92. The molecule has 18 heavy (non-hydrogen) atoms. The van der Waals surface area contributed by atoms with Crippen LogP contribution in [0.2, 0.25) is 0 Å². The Morgan fingerprint density at radius 2 is 2.11 bits per heavy atom. The third-order valence-electron chi connectivity index (χ3n) is 3.73. The van der Waals surface area contributed by atoms with Crippen molar-refractivity contribution in [2.24, 2.45) is 5.92 Å². The van der Waals surface area contributed by atoms with E-state index in [1.54, 1.807) is 0 Å². The van der Waals surface area contributed by atoms with Crippen molar-refractivity contribution in [3.8, 4) is 0 Å². The van der Waals surface area contributed by atoms with Crippen LogP contribution in [0.3, 0.4) is 0 Å². The van der Waals surface area contributed by atoms with Gasteiger partial charge in [-0.05, 0) is 32.1 Å². The summed E-state index contributed by atoms with van der Waals surface area (Å²) in [7, 11) is 0. The second-order valence-corrected chi connectivity index (χ2v) is 5.37. The predicted octanol–water partition coefficient (Wildman–Crippen LogP) is 3.68. The van der Waals surface area contributed by atoms with Gasteiger partial charge in [0, 0.05) is 13.0 Å². The Morgan fingerprint density at radius 1 is 1.44 bits per heavy atom. The zero-order valence-electron chi connectivity index (χ0n) is 11.1. The number of rotatable bonds is 5. The number of halogens is 3. The Balaban J connectivity index is 2.65. The van der Waals surface area contributed by atoms with Crippen LogP contribution in [0.1, 0.15) is 52.4 Å². The topological polar surface area (TPSA) is 29.5 Å². The van der Waals surface area contributed by atoms with Gasteiger partial charge in [0.2, 0.25) is 0 Å². The SMILES string of the molecule is CCOC1(C(O)CCC(F)(F)F)CCCC(C)C1. The molecule has 0 saturated heterocycles. The molecule has 0 aromatic heterocycles. The molecule has 1 rings (SSSR count). The van der Waals surface area contributed by atoms with Crippen LogP contribution in [0.4, 0.5) is 13.2 Å². The van der Waals surface area contributed by atoms with E-state index in [4.69, 9.17) is 4.74 Å². The lowest BCUT2D eigenvalue weighted by atomic mass is 9.74. The number of hydrogen-bond acceptors (Lipinski definition) is 2. The van der Waals surface area contributed by atoms with E-state index < -0.39 is 24.3 Å². The normalized spacial score (nSPS) is 31.3. The monoisotopic (exact) mass is 268 g/mol. The Labute approximate surface area is 107 Å². The zero-order chi connectivity index (χ0) is 13.8. The van der Waals surface area contributed by atoms with Crippen molar-refractivity contribution in [3.63, 3.8) is 0 Å². The summed E-state index contributed by atoms with van der Waals surface area (Å²) in [6.07, 6.45) is -3.18. The summed E-state index contributed by atoms with van der Waals surface area (Å²) in [5.41, 5.74) is -0.766. The summed E-state index contributed by atoms with van der Waals surface area (Å²) >= 11 is 0. The van der Waals surface area contributed by atoms with Crippen LogP contribution < -0.4 is 0 Å². The molecule has 0 aliphatic heterocycles. The molecule has 0 bridgehead atoms. The van der Waals surface area contributed by atoms with Crippen LogP contribution in [0.5, 0.6) is 0 Å². The fourth-order valence-corrected chi connectivity index (χ4v) is 2.92. The highest BCUT2D eigenvalue weighted by atomic mass is 19.4. The van der Waals surface area contributed by atoms with E-state index in [0.29, 0.717) is 25.4 Å². The summed E-state index contributed by atoms with van der Waals surface area (Å²) in [6.45, 7) is 4.30. The summed E-state index contributed by atoms with van der Waals surface area (Å²) in [4.78, 5) is 0. The molecular weight excluding hydrogens is 245 g/mol. The standard InChI is InChI=1S/C13H23F3O2/c1-3-18-12(7-4-5-10(2)9-12)11(17)6-8-13(14,15)16/h10-11,17H,3-9H2,1-2H3. The zero-order valence-corrected chi connectivity index (χ0v) is 11.1. The number of ether oxygens (including phenoxy) is 1. The van der Waals surface area contributed by atoms with Crippen LogP contribution in [-0.4, -0.2) is 29.6 Å². The fraction of sp³-hybridized carbons (Fsp3) is 1.00. The van der Waals surface area contributed by atoms with Gasteiger partial charge in [0.05, 0.1) is 11.7 Å². The van der Waals surface area contributed by atoms with Gasteiger partial charge in [-0.1, -0.05) is 19.8 Å². The predicted molar refractivity (Wildman–Crippen MR) is 63.3 cm³/mol. The van der Waals surface area contributed by atoms with E-state index in [1.165, 1.54) is 0 Å². The first-order valence-electron chi connectivity index (χ1n) is 6.68. The molecule has 0 heterocycles. The van der Waals surface area contributed by atoms with Gasteiger partial charge in [-0.25, -0.2) is 0 Å². The average molecular weight is 268 g/mol. The minimum absolute atomic E-state index is 0.268. The molecule has 1 N–H and O–H groups in total. The molecule has 1 saturated carbocycles. The number of hydrogen-bond donors (Lipinski definition) is 1. The molecule has 108 valence electrons. The van der Waals surface area contributed by atoms with E-state index in [1.807, 2.05) is 6.92 Å². The molecular formula is C13H23F3O2. The van der Waals surface area contributed by atoms with E-state index in [0.717, 1.165) is 12.8 Å². The minimum Gasteiger partial charge on any atom is -0.390 e. The first kappa shape index (κ1) is 15.8. The molecule has 1 aliphatic rings. The van der Waals surface area contributed by atoms with Crippen molar-refractivity contribution < 1.29 is 23.0 Å². The molecule has 0 spiro atoms. The van der Waals surface area contributed by atoms with Crippen molar-refractivity contribution in [2.45, 2.75) is 70.3 Å². The van der Waals surface area contributed by atoms with Crippen molar-refractivity contribution >= 4 is 0 Å². The molecule has 3 atom stereocenters. The molecule has 0 aromatic rings. The van der Waals surface area contributed by atoms with Crippen molar-refractivity contribution in [2.75, 3.05) is 6.61 Å². The lowest BCUT2D eigenvalue weighted by Gasteiger charge is -2.43. The van der Waals surface area contributed by atoms with Gasteiger partial charge < -0.3 is 9.84 Å². The van der Waals surface area contributed by atoms with Gasteiger partial charge in [-0.15, -0.1) is 0 Å². The second-order valence-electron chi connectivity index (χ2n) is 5.37.